The van der Waals surface area contributed by atoms with Crippen LogP contribution in [0.1, 0.15) is 20.8 Å². The SMILES string of the molecule is CC(C)(C)OC(=O)NC1C=C(F)C(CO)=CC1C=N. The normalized spacial score (nSPS) is 23.2. The average molecular weight is 270 g/mol. The summed E-state index contributed by atoms with van der Waals surface area (Å²) in [7, 11) is 0. The molecule has 0 fully saturated rings. The number of ether oxygens (including phenoxy) is 1. The summed E-state index contributed by atoms with van der Waals surface area (Å²) in [5.74, 6) is -1.10. The molecule has 0 aromatic carbocycles. The number of hydrogen-bond acceptors (Lipinski definition) is 4. The lowest BCUT2D eigenvalue weighted by atomic mass is 9.92. The van der Waals surface area contributed by atoms with Crippen molar-refractivity contribution in [1.82, 2.24) is 5.32 Å². The molecule has 0 aromatic rings. The second kappa shape index (κ2) is 5.97. The highest BCUT2D eigenvalue weighted by molar-refractivity contribution is 5.71. The number of alkyl carbamates (subject to hydrolysis) is 1. The van der Waals surface area contributed by atoms with E-state index in [9.17, 15) is 9.18 Å². The minimum atomic E-state index is -0.692. The van der Waals surface area contributed by atoms with Crippen LogP contribution in [-0.2, 0) is 4.74 Å². The summed E-state index contributed by atoms with van der Waals surface area (Å²) in [6, 6.07) is -0.692. The van der Waals surface area contributed by atoms with Gasteiger partial charge in [-0.1, -0.05) is 6.08 Å². The van der Waals surface area contributed by atoms with E-state index >= 15 is 0 Å². The second-order valence-electron chi connectivity index (χ2n) is 5.28. The Morgan fingerprint density at radius 1 is 1.58 bits per heavy atom. The van der Waals surface area contributed by atoms with Crippen molar-refractivity contribution in [3.63, 3.8) is 0 Å². The molecule has 5 nitrogen and oxygen atoms in total. The molecule has 2 unspecified atom stereocenters. The van der Waals surface area contributed by atoms with Gasteiger partial charge in [-0.25, -0.2) is 9.18 Å². The van der Waals surface area contributed by atoms with E-state index in [2.05, 4.69) is 5.32 Å². The van der Waals surface area contributed by atoms with E-state index in [0.29, 0.717) is 0 Å². The van der Waals surface area contributed by atoms with Crippen molar-refractivity contribution in [1.29, 1.82) is 5.41 Å². The van der Waals surface area contributed by atoms with Gasteiger partial charge in [0, 0.05) is 17.7 Å². The number of aliphatic hydroxyl groups excluding tert-OH is 1. The highest BCUT2D eigenvalue weighted by atomic mass is 19.1. The van der Waals surface area contributed by atoms with Crippen LogP contribution >= 0.6 is 0 Å². The maximum atomic E-state index is 13.6. The fourth-order valence-electron chi connectivity index (χ4n) is 1.65. The van der Waals surface area contributed by atoms with E-state index in [-0.39, 0.29) is 5.57 Å². The Hall–Kier alpha value is -1.69. The lowest BCUT2D eigenvalue weighted by Gasteiger charge is -2.26. The van der Waals surface area contributed by atoms with Crippen LogP contribution in [0.2, 0.25) is 0 Å². The number of carbonyl (C=O) groups is 1. The van der Waals surface area contributed by atoms with Crippen molar-refractivity contribution in [2.75, 3.05) is 6.61 Å². The topological polar surface area (TPSA) is 82.4 Å². The zero-order chi connectivity index (χ0) is 14.6. The largest absolute Gasteiger partial charge is 0.444 e. The van der Waals surface area contributed by atoms with Crippen LogP contribution in [0.25, 0.3) is 0 Å². The third-order valence-corrected chi connectivity index (χ3v) is 2.49. The van der Waals surface area contributed by atoms with Crippen LogP contribution in [-0.4, -0.2) is 35.7 Å². The van der Waals surface area contributed by atoms with Gasteiger partial charge in [0.15, 0.2) is 0 Å². The van der Waals surface area contributed by atoms with Gasteiger partial charge in [0.2, 0.25) is 0 Å². The third-order valence-electron chi connectivity index (χ3n) is 2.49. The fourth-order valence-corrected chi connectivity index (χ4v) is 1.65. The van der Waals surface area contributed by atoms with Crippen LogP contribution in [0.4, 0.5) is 9.18 Å². The summed E-state index contributed by atoms with van der Waals surface area (Å²) in [6.45, 7) is 4.73. The molecule has 106 valence electrons. The number of amides is 1. The number of carbonyl (C=O) groups excluding carboxylic acids is 1. The van der Waals surface area contributed by atoms with Gasteiger partial charge in [-0.3, -0.25) is 0 Å². The smallest absolute Gasteiger partial charge is 0.408 e. The Labute approximate surface area is 111 Å². The average Bonchev–Trinajstić information content (AvgIpc) is 2.26. The first-order chi connectivity index (χ1) is 8.76. The highest BCUT2D eigenvalue weighted by Crippen LogP contribution is 2.23. The Morgan fingerprint density at radius 2 is 2.21 bits per heavy atom. The van der Waals surface area contributed by atoms with Gasteiger partial charge in [-0.05, 0) is 26.8 Å². The maximum absolute atomic E-state index is 13.6. The molecule has 0 aromatic heterocycles. The van der Waals surface area contributed by atoms with Crippen molar-refractivity contribution >= 4 is 12.3 Å². The fraction of sp³-hybridized carbons (Fsp3) is 0.538. The third kappa shape index (κ3) is 4.48. The van der Waals surface area contributed by atoms with E-state index in [0.717, 1.165) is 6.21 Å². The monoisotopic (exact) mass is 270 g/mol. The predicted molar refractivity (Wildman–Crippen MR) is 69.8 cm³/mol. The Balaban J connectivity index is 2.76. The minimum absolute atomic E-state index is 0.121. The maximum Gasteiger partial charge on any atom is 0.408 e. The van der Waals surface area contributed by atoms with Gasteiger partial charge in [0.25, 0.3) is 0 Å². The molecule has 2 atom stereocenters. The van der Waals surface area contributed by atoms with Crippen LogP contribution < -0.4 is 5.32 Å². The minimum Gasteiger partial charge on any atom is -0.444 e. The number of rotatable bonds is 3. The number of hydrogen-bond donors (Lipinski definition) is 3. The van der Waals surface area contributed by atoms with Crippen LogP contribution in [0.3, 0.4) is 0 Å². The van der Waals surface area contributed by atoms with Gasteiger partial charge < -0.3 is 20.6 Å². The molecule has 0 spiro atoms. The second-order valence-corrected chi connectivity index (χ2v) is 5.28. The van der Waals surface area contributed by atoms with Crippen LogP contribution in [0.15, 0.2) is 23.6 Å². The molecule has 0 radical (unpaired) electrons. The molecule has 3 N–H and O–H groups in total. The van der Waals surface area contributed by atoms with Gasteiger partial charge in [0.05, 0.1) is 12.6 Å². The Morgan fingerprint density at radius 3 is 2.68 bits per heavy atom. The van der Waals surface area contributed by atoms with Crippen molar-refractivity contribution in [2.24, 2.45) is 5.92 Å². The zero-order valence-electron chi connectivity index (χ0n) is 11.2. The summed E-state index contributed by atoms with van der Waals surface area (Å²) >= 11 is 0. The summed E-state index contributed by atoms with van der Waals surface area (Å²) in [5, 5.41) is 18.7. The standard InChI is InChI=1S/C13H19FN2O3/c1-13(2,3)19-12(18)16-11-5-10(14)9(7-17)4-8(11)6-15/h4-6,8,11,15,17H,7H2,1-3H3,(H,16,18). The van der Waals surface area contributed by atoms with E-state index in [1.807, 2.05) is 0 Å². The number of halogens is 1. The van der Waals surface area contributed by atoms with Crippen LogP contribution in [0.5, 0.6) is 0 Å². The molecule has 0 bridgehead atoms. The molecule has 1 aliphatic carbocycles. The van der Waals surface area contributed by atoms with Gasteiger partial charge in [-0.2, -0.15) is 0 Å². The van der Waals surface area contributed by atoms with Crippen LogP contribution in [0, 0.1) is 11.3 Å². The first-order valence-corrected chi connectivity index (χ1v) is 5.96. The van der Waals surface area contributed by atoms with Crippen molar-refractivity contribution in [2.45, 2.75) is 32.4 Å². The summed E-state index contributed by atoms with van der Waals surface area (Å²) in [4.78, 5) is 11.6. The van der Waals surface area contributed by atoms with Crippen molar-refractivity contribution in [3.8, 4) is 0 Å². The molecule has 1 amide bonds. The molecule has 0 aliphatic heterocycles. The van der Waals surface area contributed by atoms with E-state index in [4.69, 9.17) is 15.3 Å². The molecule has 0 heterocycles. The lowest BCUT2D eigenvalue weighted by molar-refractivity contribution is 0.0510. The molecule has 0 saturated carbocycles. The van der Waals surface area contributed by atoms with Gasteiger partial charge in [-0.15, -0.1) is 0 Å². The van der Waals surface area contributed by atoms with Gasteiger partial charge in [0.1, 0.15) is 11.4 Å². The highest BCUT2D eigenvalue weighted by Gasteiger charge is 2.26. The number of nitrogens with one attached hydrogen (secondary N) is 2. The van der Waals surface area contributed by atoms with Crippen molar-refractivity contribution < 1.29 is 19.0 Å². The molecular formula is C13H19FN2O3. The molecular weight excluding hydrogens is 251 g/mol. The van der Waals surface area contributed by atoms with E-state index in [1.54, 1.807) is 20.8 Å². The molecule has 6 heteroatoms. The van der Waals surface area contributed by atoms with E-state index < -0.39 is 36.1 Å². The first-order valence-electron chi connectivity index (χ1n) is 5.96. The summed E-state index contributed by atoms with van der Waals surface area (Å²) < 4.78 is 18.6. The van der Waals surface area contributed by atoms with Gasteiger partial charge >= 0.3 is 6.09 Å². The zero-order valence-corrected chi connectivity index (χ0v) is 11.2. The van der Waals surface area contributed by atoms with E-state index in [1.165, 1.54) is 12.2 Å². The molecule has 1 rings (SSSR count). The lowest BCUT2D eigenvalue weighted by Crippen LogP contribution is -2.43. The predicted octanol–water partition coefficient (Wildman–Crippen LogP) is 1.93. The Kier molecular flexibility index (Phi) is 4.83. The number of aliphatic hydroxyl groups is 1. The molecule has 1 aliphatic rings. The summed E-state index contributed by atoms with van der Waals surface area (Å²) in [5.41, 5.74) is -0.524. The quantitative estimate of drug-likeness (QED) is 0.685. The summed E-state index contributed by atoms with van der Waals surface area (Å²) in [6.07, 6.45) is 3.00. The Bertz CT molecular complexity index is 424. The molecule has 0 saturated heterocycles. The molecule has 19 heavy (non-hydrogen) atoms. The van der Waals surface area contributed by atoms with Crippen molar-refractivity contribution in [3.05, 3.63) is 23.6 Å². The first kappa shape index (κ1) is 15.4.